The first kappa shape index (κ1) is 7.28. The van der Waals surface area contributed by atoms with Crippen molar-refractivity contribution < 1.29 is 9.90 Å². The van der Waals surface area contributed by atoms with Crippen LogP contribution < -0.4 is 0 Å². The maximum Gasteiger partial charge on any atom is 0.224 e. The molecule has 1 rings (SSSR count). The van der Waals surface area contributed by atoms with Crippen molar-refractivity contribution in [2.75, 3.05) is 6.54 Å². The van der Waals surface area contributed by atoms with Crippen LogP contribution in [0.1, 0.15) is 12.8 Å². The maximum absolute atomic E-state index is 10.9. The molecule has 1 saturated heterocycles. The van der Waals surface area contributed by atoms with Gasteiger partial charge in [-0.1, -0.05) is 6.58 Å². The van der Waals surface area contributed by atoms with E-state index in [1.165, 1.54) is 11.0 Å². The minimum Gasteiger partial charge on any atom is -0.370 e. The molecule has 0 aromatic heterocycles. The summed E-state index contributed by atoms with van der Waals surface area (Å²) in [6.45, 7) is 4.05. The highest BCUT2D eigenvalue weighted by Gasteiger charge is 2.23. The molecule has 1 fully saturated rings. The predicted molar refractivity (Wildman–Crippen MR) is 37.2 cm³/mol. The number of nitrogens with zero attached hydrogens (tertiary/aromatic N) is 1. The summed E-state index contributed by atoms with van der Waals surface area (Å²) < 4.78 is 0. The van der Waals surface area contributed by atoms with E-state index in [4.69, 9.17) is 5.11 Å². The van der Waals surface area contributed by atoms with Gasteiger partial charge in [0.25, 0.3) is 0 Å². The third-order valence-electron chi connectivity index (χ3n) is 1.64. The number of carbonyl (C=O) groups excluding carboxylic acids is 1. The van der Waals surface area contributed by atoms with Crippen LogP contribution in [0.4, 0.5) is 0 Å². The van der Waals surface area contributed by atoms with E-state index in [9.17, 15) is 4.79 Å². The van der Waals surface area contributed by atoms with Crippen LogP contribution in [-0.2, 0) is 4.79 Å². The fourth-order valence-electron chi connectivity index (χ4n) is 1.08. The van der Waals surface area contributed by atoms with Crippen LogP contribution in [0.2, 0.25) is 0 Å². The van der Waals surface area contributed by atoms with Gasteiger partial charge in [-0.15, -0.1) is 0 Å². The highest BCUT2D eigenvalue weighted by atomic mass is 16.3. The molecule has 0 bridgehead atoms. The summed E-state index contributed by atoms with van der Waals surface area (Å²) in [6.07, 6.45) is 1.99. The molecule has 1 unspecified atom stereocenters. The lowest BCUT2D eigenvalue weighted by Gasteiger charge is -2.18. The van der Waals surface area contributed by atoms with Crippen molar-refractivity contribution in [3.05, 3.63) is 12.7 Å². The summed E-state index contributed by atoms with van der Waals surface area (Å²) in [4.78, 5) is 12.3. The normalized spacial score (nSPS) is 21.3. The molecule has 0 aromatic rings. The van der Waals surface area contributed by atoms with Crippen molar-refractivity contribution in [2.24, 2.45) is 0 Å². The number of likely N-dealkylation sites (tertiary alicyclic amines) is 1. The third-order valence-corrected chi connectivity index (χ3v) is 1.64. The summed E-state index contributed by atoms with van der Waals surface area (Å²) in [5, 5.41) is 9.12. The summed E-state index contributed by atoms with van der Waals surface area (Å²) in [5.74, 6) is 0.0207. The third kappa shape index (κ3) is 1.19. The minimum atomic E-state index is -0.782. The lowest BCUT2D eigenvalue weighted by atomic mass is 10.4. The molecule has 56 valence electrons. The van der Waals surface area contributed by atoms with E-state index in [2.05, 4.69) is 6.58 Å². The Balaban J connectivity index is 2.54. The molecular weight excluding hydrogens is 130 g/mol. The Bertz CT molecular complexity index is 156. The molecule has 1 aliphatic rings. The SMILES string of the molecule is C=CC(O)N1CCCC1=O. The van der Waals surface area contributed by atoms with E-state index in [1.807, 2.05) is 0 Å². The van der Waals surface area contributed by atoms with Crippen LogP contribution in [0.5, 0.6) is 0 Å². The number of amides is 1. The first-order valence-corrected chi connectivity index (χ1v) is 3.36. The quantitative estimate of drug-likeness (QED) is 0.554. The summed E-state index contributed by atoms with van der Waals surface area (Å²) in [7, 11) is 0. The molecule has 1 aliphatic heterocycles. The molecule has 3 heteroatoms. The van der Waals surface area contributed by atoms with E-state index >= 15 is 0 Å². The number of hydrogen-bond donors (Lipinski definition) is 1. The van der Waals surface area contributed by atoms with Crippen molar-refractivity contribution >= 4 is 5.91 Å². The van der Waals surface area contributed by atoms with Gasteiger partial charge in [0.15, 0.2) is 0 Å². The number of carbonyl (C=O) groups is 1. The molecule has 1 amide bonds. The summed E-state index contributed by atoms with van der Waals surface area (Å²) in [5.41, 5.74) is 0. The van der Waals surface area contributed by atoms with Crippen LogP contribution in [0, 0.1) is 0 Å². The zero-order valence-electron chi connectivity index (χ0n) is 5.79. The molecule has 0 spiro atoms. The molecule has 0 aromatic carbocycles. The van der Waals surface area contributed by atoms with Gasteiger partial charge in [-0.05, 0) is 12.5 Å². The Hall–Kier alpha value is -0.830. The molecule has 1 heterocycles. The maximum atomic E-state index is 10.9. The van der Waals surface area contributed by atoms with Gasteiger partial charge in [0, 0.05) is 13.0 Å². The molecular formula is C7H11NO2. The highest BCUT2D eigenvalue weighted by molar-refractivity contribution is 5.78. The Morgan fingerprint density at radius 3 is 2.90 bits per heavy atom. The van der Waals surface area contributed by atoms with Crippen LogP contribution in [0.15, 0.2) is 12.7 Å². The summed E-state index contributed by atoms with van der Waals surface area (Å²) >= 11 is 0. The predicted octanol–water partition coefficient (Wildman–Crippen LogP) is 0.113. The number of rotatable bonds is 2. The Morgan fingerprint density at radius 1 is 1.80 bits per heavy atom. The van der Waals surface area contributed by atoms with Gasteiger partial charge < -0.3 is 10.0 Å². The largest absolute Gasteiger partial charge is 0.370 e. The van der Waals surface area contributed by atoms with E-state index in [0.29, 0.717) is 13.0 Å². The Kier molecular flexibility index (Phi) is 2.06. The van der Waals surface area contributed by atoms with E-state index < -0.39 is 6.23 Å². The monoisotopic (exact) mass is 141 g/mol. The topological polar surface area (TPSA) is 40.5 Å². The van der Waals surface area contributed by atoms with E-state index in [0.717, 1.165) is 6.42 Å². The van der Waals surface area contributed by atoms with E-state index in [1.54, 1.807) is 0 Å². The Labute approximate surface area is 59.9 Å². The minimum absolute atomic E-state index is 0.0207. The lowest BCUT2D eigenvalue weighted by Crippen LogP contribution is -2.34. The first-order valence-electron chi connectivity index (χ1n) is 3.36. The van der Waals surface area contributed by atoms with E-state index in [-0.39, 0.29) is 5.91 Å². The zero-order valence-corrected chi connectivity index (χ0v) is 5.79. The standard InChI is InChI=1S/C7H11NO2/c1-2-6(9)8-5-3-4-7(8)10/h2,6,9H,1,3-5H2. The number of hydrogen-bond acceptors (Lipinski definition) is 2. The highest BCUT2D eigenvalue weighted by Crippen LogP contribution is 2.11. The van der Waals surface area contributed by atoms with Gasteiger partial charge in [-0.3, -0.25) is 4.79 Å². The smallest absolute Gasteiger partial charge is 0.224 e. The fraction of sp³-hybridized carbons (Fsp3) is 0.571. The van der Waals surface area contributed by atoms with Crippen molar-refractivity contribution in [1.82, 2.24) is 4.90 Å². The average Bonchev–Trinajstić information content (AvgIpc) is 2.34. The lowest BCUT2D eigenvalue weighted by molar-refractivity contribution is -0.133. The van der Waals surface area contributed by atoms with Crippen LogP contribution in [0.25, 0.3) is 0 Å². The van der Waals surface area contributed by atoms with Crippen molar-refractivity contribution in [3.63, 3.8) is 0 Å². The molecule has 3 nitrogen and oxygen atoms in total. The molecule has 10 heavy (non-hydrogen) atoms. The second-order valence-electron chi connectivity index (χ2n) is 2.34. The van der Waals surface area contributed by atoms with Gasteiger partial charge in [-0.25, -0.2) is 0 Å². The molecule has 0 radical (unpaired) electrons. The second kappa shape index (κ2) is 2.84. The van der Waals surface area contributed by atoms with Gasteiger partial charge in [0.1, 0.15) is 6.23 Å². The van der Waals surface area contributed by atoms with Crippen molar-refractivity contribution in [1.29, 1.82) is 0 Å². The van der Waals surface area contributed by atoms with Crippen molar-refractivity contribution in [2.45, 2.75) is 19.1 Å². The summed E-state index contributed by atoms with van der Waals surface area (Å²) in [6, 6.07) is 0. The van der Waals surface area contributed by atoms with Crippen LogP contribution >= 0.6 is 0 Å². The number of aliphatic hydroxyl groups excluding tert-OH is 1. The van der Waals surface area contributed by atoms with Crippen molar-refractivity contribution in [3.8, 4) is 0 Å². The first-order chi connectivity index (χ1) is 4.75. The molecule has 1 N–H and O–H groups in total. The van der Waals surface area contributed by atoms with Gasteiger partial charge in [-0.2, -0.15) is 0 Å². The van der Waals surface area contributed by atoms with Crippen LogP contribution in [-0.4, -0.2) is 28.7 Å². The van der Waals surface area contributed by atoms with Gasteiger partial charge >= 0.3 is 0 Å². The zero-order chi connectivity index (χ0) is 7.56. The molecule has 0 aliphatic carbocycles. The van der Waals surface area contributed by atoms with Crippen LogP contribution in [0.3, 0.4) is 0 Å². The van der Waals surface area contributed by atoms with Gasteiger partial charge in [0.2, 0.25) is 5.91 Å². The fourth-order valence-corrected chi connectivity index (χ4v) is 1.08. The Morgan fingerprint density at radius 2 is 2.50 bits per heavy atom. The molecule has 0 saturated carbocycles. The molecule has 1 atom stereocenters. The second-order valence-corrected chi connectivity index (χ2v) is 2.34. The average molecular weight is 141 g/mol. The number of aliphatic hydroxyl groups is 1. The van der Waals surface area contributed by atoms with Gasteiger partial charge in [0.05, 0.1) is 0 Å².